The number of fused-ring (bicyclic) bond motifs is 1. The third kappa shape index (κ3) is 3.86. The van der Waals surface area contributed by atoms with Gasteiger partial charge in [-0.2, -0.15) is 28.2 Å². The van der Waals surface area contributed by atoms with Crippen LogP contribution >= 0.6 is 0 Å². The highest BCUT2D eigenvalue weighted by Gasteiger charge is 2.35. The molecule has 0 amide bonds. The Bertz CT molecular complexity index is 1160. The SMILES string of the molecule is C[C@]1(O)CCN(c2nc(NC3CC(O)C3)nc3c2cnn3-c2cccc(C(F)(F)F)c2)C1. The van der Waals surface area contributed by atoms with Gasteiger partial charge in [0.15, 0.2) is 5.65 Å². The molecule has 2 fully saturated rings. The molecule has 1 saturated carbocycles. The molecule has 1 aliphatic carbocycles. The molecule has 1 aromatic carbocycles. The zero-order chi connectivity index (χ0) is 22.7. The van der Waals surface area contributed by atoms with E-state index in [2.05, 4.69) is 20.4 Å². The fourth-order valence-electron chi connectivity index (χ4n) is 4.22. The zero-order valence-electron chi connectivity index (χ0n) is 17.3. The van der Waals surface area contributed by atoms with Crippen LogP contribution in [0.15, 0.2) is 30.5 Å². The Hall–Kier alpha value is -2.92. The first kappa shape index (κ1) is 21.0. The van der Waals surface area contributed by atoms with Crippen molar-refractivity contribution < 1.29 is 23.4 Å². The van der Waals surface area contributed by atoms with Crippen LogP contribution in [0.5, 0.6) is 0 Å². The summed E-state index contributed by atoms with van der Waals surface area (Å²) in [6.45, 7) is 2.71. The second-order valence-electron chi connectivity index (χ2n) is 8.85. The van der Waals surface area contributed by atoms with Crippen molar-refractivity contribution >= 4 is 22.8 Å². The van der Waals surface area contributed by atoms with E-state index in [-0.39, 0.29) is 17.8 Å². The van der Waals surface area contributed by atoms with Crippen molar-refractivity contribution in [3.05, 3.63) is 36.0 Å². The molecule has 3 N–H and O–H groups in total. The molecule has 0 unspecified atom stereocenters. The Balaban J connectivity index is 1.60. The monoisotopic (exact) mass is 448 g/mol. The van der Waals surface area contributed by atoms with Crippen LogP contribution in [0.1, 0.15) is 31.7 Å². The quantitative estimate of drug-likeness (QED) is 0.565. The second kappa shape index (κ2) is 7.31. The number of rotatable bonds is 4. The molecule has 32 heavy (non-hydrogen) atoms. The summed E-state index contributed by atoms with van der Waals surface area (Å²) in [6, 6.07) is 4.93. The number of alkyl halides is 3. The Kier molecular flexibility index (Phi) is 4.79. The van der Waals surface area contributed by atoms with Gasteiger partial charge in [-0.3, -0.25) is 0 Å². The molecular formula is C21H23F3N6O2. The van der Waals surface area contributed by atoms with Crippen molar-refractivity contribution in [2.75, 3.05) is 23.3 Å². The average molecular weight is 448 g/mol. The van der Waals surface area contributed by atoms with Crippen molar-refractivity contribution in [2.24, 2.45) is 0 Å². The first-order valence-electron chi connectivity index (χ1n) is 10.4. The van der Waals surface area contributed by atoms with Gasteiger partial charge in [0.1, 0.15) is 5.82 Å². The fraction of sp³-hybridized carbons (Fsp3) is 0.476. The van der Waals surface area contributed by atoms with E-state index >= 15 is 0 Å². The van der Waals surface area contributed by atoms with E-state index in [1.807, 2.05) is 4.90 Å². The van der Waals surface area contributed by atoms with Crippen molar-refractivity contribution in [3.63, 3.8) is 0 Å². The number of nitrogens with one attached hydrogen (secondary N) is 1. The highest BCUT2D eigenvalue weighted by Crippen LogP contribution is 2.34. The average Bonchev–Trinajstić information content (AvgIpc) is 3.28. The summed E-state index contributed by atoms with van der Waals surface area (Å²) in [6.07, 6.45) is -1.59. The molecular weight excluding hydrogens is 425 g/mol. The summed E-state index contributed by atoms with van der Waals surface area (Å²) >= 11 is 0. The number of aliphatic hydroxyl groups is 2. The van der Waals surface area contributed by atoms with Gasteiger partial charge in [-0.1, -0.05) is 6.07 Å². The second-order valence-corrected chi connectivity index (χ2v) is 8.85. The molecule has 3 heterocycles. The molecule has 2 aromatic heterocycles. The van der Waals surface area contributed by atoms with Gasteiger partial charge in [-0.05, 0) is 44.4 Å². The van der Waals surface area contributed by atoms with Gasteiger partial charge in [0, 0.05) is 19.1 Å². The van der Waals surface area contributed by atoms with Gasteiger partial charge in [0.2, 0.25) is 5.95 Å². The summed E-state index contributed by atoms with van der Waals surface area (Å²) in [7, 11) is 0. The number of aliphatic hydroxyl groups excluding tert-OH is 1. The molecule has 0 radical (unpaired) electrons. The van der Waals surface area contributed by atoms with Crippen molar-refractivity contribution in [1.29, 1.82) is 0 Å². The fourth-order valence-corrected chi connectivity index (χ4v) is 4.22. The lowest BCUT2D eigenvalue weighted by Gasteiger charge is -2.32. The van der Waals surface area contributed by atoms with Crippen LogP contribution in [0.25, 0.3) is 16.7 Å². The Morgan fingerprint density at radius 2 is 2.00 bits per heavy atom. The lowest BCUT2D eigenvalue weighted by atomic mass is 9.90. The zero-order valence-corrected chi connectivity index (χ0v) is 17.3. The van der Waals surface area contributed by atoms with Crippen LogP contribution in [0.3, 0.4) is 0 Å². The van der Waals surface area contributed by atoms with E-state index in [1.54, 1.807) is 13.0 Å². The first-order valence-corrected chi connectivity index (χ1v) is 10.4. The number of benzene rings is 1. The lowest BCUT2D eigenvalue weighted by molar-refractivity contribution is -0.137. The maximum Gasteiger partial charge on any atom is 0.416 e. The van der Waals surface area contributed by atoms with Crippen molar-refractivity contribution in [2.45, 2.75) is 50.1 Å². The number of nitrogens with zero attached hydrogens (tertiary/aromatic N) is 5. The first-order chi connectivity index (χ1) is 15.1. The van der Waals surface area contributed by atoms with Gasteiger partial charge < -0.3 is 20.4 Å². The minimum Gasteiger partial charge on any atom is -0.393 e. The standard InChI is InChI=1S/C21H23F3N6O2/c1-20(32)5-6-29(11-20)17-16-10-25-30(14-4-2-3-12(7-14)21(22,23)24)18(16)28-19(27-17)26-13-8-15(31)9-13/h2-4,7,10,13,15,31-32H,5-6,8-9,11H2,1H3,(H,26,27,28)/t13?,15?,20-/m0/s1. The largest absolute Gasteiger partial charge is 0.416 e. The third-order valence-corrected chi connectivity index (χ3v) is 6.02. The van der Waals surface area contributed by atoms with Crippen LogP contribution in [0.4, 0.5) is 24.9 Å². The number of anilines is 2. The predicted octanol–water partition coefficient (Wildman–Crippen LogP) is 2.73. The molecule has 5 rings (SSSR count). The number of aromatic nitrogens is 4. The minimum absolute atomic E-state index is 0.0157. The number of halogens is 3. The molecule has 11 heteroatoms. The van der Waals surface area contributed by atoms with E-state index in [9.17, 15) is 23.4 Å². The van der Waals surface area contributed by atoms with Crippen LogP contribution < -0.4 is 10.2 Å². The third-order valence-electron chi connectivity index (χ3n) is 6.02. The highest BCUT2D eigenvalue weighted by molar-refractivity contribution is 5.89. The number of hydrogen-bond acceptors (Lipinski definition) is 7. The Labute approximate surface area is 181 Å². The van der Waals surface area contributed by atoms with E-state index in [4.69, 9.17) is 0 Å². The highest BCUT2D eigenvalue weighted by atomic mass is 19.4. The van der Waals surface area contributed by atoms with Gasteiger partial charge in [0.05, 0.1) is 34.5 Å². The molecule has 2 aliphatic rings. The summed E-state index contributed by atoms with van der Waals surface area (Å²) < 4.78 is 41.1. The summed E-state index contributed by atoms with van der Waals surface area (Å²) in [4.78, 5) is 11.1. The van der Waals surface area contributed by atoms with Gasteiger partial charge in [-0.25, -0.2) is 4.68 Å². The molecule has 0 spiro atoms. The molecule has 170 valence electrons. The molecule has 1 atom stereocenters. The molecule has 1 aliphatic heterocycles. The van der Waals surface area contributed by atoms with E-state index in [1.165, 1.54) is 16.9 Å². The van der Waals surface area contributed by atoms with Crippen LogP contribution in [0, 0.1) is 0 Å². The minimum atomic E-state index is -4.47. The Morgan fingerprint density at radius 3 is 2.66 bits per heavy atom. The van der Waals surface area contributed by atoms with Crippen LogP contribution in [-0.2, 0) is 6.18 Å². The summed E-state index contributed by atoms with van der Waals surface area (Å²) in [5, 5.41) is 28.1. The van der Waals surface area contributed by atoms with E-state index in [0.717, 1.165) is 12.1 Å². The van der Waals surface area contributed by atoms with Gasteiger partial charge in [0.25, 0.3) is 0 Å². The normalized spacial score (nSPS) is 25.9. The molecule has 8 nitrogen and oxygen atoms in total. The maximum atomic E-state index is 13.2. The maximum absolute atomic E-state index is 13.2. The van der Waals surface area contributed by atoms with Crippen molar-refractivity contribution in [3.8, 4) is 5.69 Å². The van der Waals surface area contributed by atoms with E-state index in [0.29, 0.717) is 55.2 Å². The summed E-state index contributed by atoms with van der Waals surface area (Å²) in [5.74, 6) is 0.873. The molecule has 0 bridgehead atoms. The molecule has 1 saturated heterocycles. The van der Waals surface area contributed by atoms with Gasteiger partial charge >= 0.3 is 6.18 Å². The Morgan fingerprint density at radius 1 is 1.22 bits per heavy atom. The molecule has 3 aromatic rings. The number of β-amino-alcohol motifs (C(OH)–C–C–N with tert-alkyl or cyclic N) is 1. The van der Waals surface area contributed by atoms with Crippen LogP contribution in [-0.4, -0.2) is 60.8 Å². The predicted molar refractivity (Wildman–Crippen MR) is 112 cm³/mol. The van der Waals surface area contributed by atoms with Crippen molar-refractivity contribution in [1.82, 2.24) is 19.7 Å². The smallest absolute Gasteiger partial charge is 0.393 e. The lowest BCUT2D eigenvalue weighted by Crippen LogP contribution is -2.39. The van der Waals surface area contributed by atoms with Gasteiger partial charge in [-0.15, -0.1) is 0 Å². The van der Waals surface area contributed by atoms with Crippen LogP contribution in [0.2, 0.25) is 0 Å². The number of hydrogen-bond donors (Lipinski definition) is 3. The van der Waals surface area contributed by atoms with E-state index < -0.39 is 17.3 Å². The topological polar surface area (TPSA) is 99.3 Å². The summed E-state index contributed by atoms with van der Waals surface area (Å²) in [5.41, 5.74) is -1.04.